The van der Waals surface area contributed by atoms with Crippen molar-refractivity contribution in [1.82, 2.24) is 4.90 Å². The van der Waals surface area contributed by atoms with Crippen molar-refractivity contribution < 1.29 is 19.0 Å². The lowest BCUT2D eigenvalue weighted by atomic mass is 10.0. The third-order valence-electron chi connectivity index (χ3n) is 5.26. The molecule has 0 N–H and O–H groups in total. The van der Waals surface area contributed by atoms with Crippen LogP contribution in [0.2, 0.25) is 0 Å². The smallest absolute Gasteiger partial charge is 0.261 e. The van der Waals surface area contributed by atoms with Crippen molar-refractivity contribution in [2.45, 2.75) is 51.3 Å². The van der Waals surface area contributed by atoms with Crippen LogP contribution >= 0.6 is 11.3 Å². The number of benzene rings is 1. The van der Waals surface area contributed by atoms with Crippen LogP contribution in [0.3, 0.4) is 0 Å². The van der Waals surface area contributed by atoms with Crippen molar-refractivity contribution in [1.29, 1.82) is 0 Å². The molecule has 0 saturated carbocycles. The van der Waals surface area contributed by atoms with E-state index in [0.29, 0.717) is 25.5 Å². The SMILES string of the molecule is CC1(C)Cc2cccc(OCC(=O)N(Cc3cccs3)C3CCOCC3)c2O1. The summed E-state index contributed by atoms with van der Waals surface area (Å²) in [5.41, 5.74) is 0.897. The van der Waals surface area contributed by atoms with Gasteiger partial charge in [0.15, 0.2) is 18.1 Å². The lowest BCUT2D eigenvalue weighted by Gasteiger charge is -2.34. The largest absolute Gasteiger partial charge is 0.483 e. The van der Waals surface area contributed by atoms with E-state index in [2.05, 4.69) is 26.0 Å². The Morgan fingerprint density at radius 1 is 1.25 bits per heavy atom. The number of hydrogen-bond acceptors (Lipinski definition) is 5. The molecular formula is C22H27NO4S. The first kappa shape index (κ1) is 19.3. The Kier molecular flexibility index (Phi) is 5.60. The molecule has 0 unspecified atom stereocenters. The molecule has 1 amide bonds. The number of amides is 1. The number of para-hydroxylation sites is 1. The number of carbonyl (C=O) groups is 1. The van der Waals surface area contributed by atoms with E-state index in [1.165, 1.54) is 4.88 Å². The van der Waals surface area contributed by atoms with E-state index < -0.39 is 0 Å². The molecule has 5 nitrogen and oxygen atoms in total. The third kappa shape index (κ3) is 4.33. The molecule has 2 aromatic rings. The maximum atomic E-state index is 13.1. The Labute approximate surface area is 170 Å². The summed E-state index contributed by atoms with van der Waals surface area (Å²) in [5, 5.41) is 2.05. The second kappa shape index (κ2) is 8.13. The first-order valence-corrected chi connectivity index (χ1v) is 10.7. The van der Waals surface area contributed by atoms with Gasteiger partial charge in [0, 0.05) is 36.1 Å². The van der Waals surface area contributed by atoms with Gasteiger partial charge in [-0.05, 0) is 44.2 Å². The summed E-state index contributed by atoms with van der Waals surface area (Å²) in [5.74, 6) is 1.44. The Morgan fingerprint density at radius 2 is 2.07 bits per heavy atom. The van der Waals surface area contributed by atoms with Gasteiger partial charge in [-0.3, -0.25) is 4.79 Å². The highest BCUT2D eigenvalue weighted by Gasteiger charge is 2.33. The van der Waals surface area contributed by atoms with Crippen LogP contribution in [0.15, 0.2) is 35.7 Å². The summed E-state index contributed by atoms with van der Waals surface area (Å²) in [6.07, 6.45) is 2.59. The van der Waals surface area contributed by atoms with Gasteiger partial charge in [0.2, 0.25) is 0 Å². The Morgan fingerprint density at radius 3 is 2.82 bits per heavy atom. The van der Waals surface area contributed by atoms with E-state index in [9.17, 15) is 4.79 Å². The highest BCUT2D eigenvalue weighted by molar-refractivity contribution is 7.09. The predicted molar refractivity (Wildman–Crippen MR) is 109 cm³/mol. The van der Waals surface area contributed by atoms with Crippen molar-refractivity contribution in [2.24, 2.45) is 0 Å². The summed E-state index contributed by atoms with van der Waals surface area (Å²) in [6, 6.07) is 10.2. The molecule has 2 aliphatic heterocycles. The van der Waals surface area contributed by atoms with Crippen LogP contribution in [0.25, 0.3) is 0 Å². The monoisotopic (exact) mass is 401 g/mol. The predicted octanol–water partition coefficient (Wildman–Crippen LogP) is 4.05. The Bertz CT molecular complexity index is 812. The molecule has 1 saturated heterocycles. The summed E-state index contributed by atoms with van der Waals surface area (Å²) < 4.78 is 17.5. The minimum Gasteiger partial charge on any atom is -0.483 e. The average Bonchev–Trinajstić information content (AvgIpc) is 3.30. The van der Waals surface area contributed by atoms with Gasteiger partial charge >= 0.3 is 0 Å². The number of hydrogen-bond donors (Lipinski definition) is 0. The molecule has 0 radical (unpaired) electrons. The molecule has 0 bridgehead atoms. The number of fused-ring (bicyclic) bond motifs is 1. The Hall–Kier alpha value is -2.05. The molecule has 0 atom stereocenters. The number of carbonyl (C=O) groups excluding carboxylic acids is 1. The maximum absolute atomic E-state index is 13.1. The molecule has 6 heteroatoms. The number of ether oxygens (including phenoxy) is 3. The van der Waals surface area contributed by atoms with Gasteiger partial charge in [0.1, 0.15) is 5.60 Å². The van der Waals surface area contributed by atoms with Crippen molar-refractivity contribution in [3.05, 3.63) is 46.2 Å². The van der Waals surface area contributed by atoms with Gasteiger partial charge in [0.05, 0.1) is 6.54 Å². The Balaban J connectivity index is 1.46. The van der Waals surface area contributed by atoms with E-state index in [1.807, 2.05) is 28.5 Å². The standard InChI is InChI=1S/C22H27NO4S/c1-22(2)13-16-5-3-7-19(21(16)27-22)26-15-20(24)23(14-18-6-4-12-28-18)17-8-10-25-11-9-17/h3-7,12,17H,8-11,13-15H2,1-2H3. The first-order chi connectivity index (χ1) is 13.5. The molecule has 1 fully saturated rings. The van der Waals surface area contributed by atoms with E-state index in [-0.39, 0.29) is 24.2 Å². The van der Waals surface area contributed by atoms with Crippen molar-refractivity contribution >= 4 is 17.2 Å². The number of thiophene rings is 1. The molecule has 0 spiro atoms. The molecule has 1 aromatic carbocycles. The molecule has 4 rings (SSSR count). The van der Waals surface area contributed by atoms with Crippen LogP contribution in [-0.4, -0.2) is 42.3 Å². The van der Waals surface area contributed by atoms with Crippen molar-refractivity contribution in [2.75, 3.05) is 19.8 Å². The van der Waals surface area contributed by atoms with E-state index in [0.717, 1.165) is 30.6 Å². The second-order valence-electron chi connectivity index (χ2n) is 8.02. The lowest BCUT2D eigenvalue weighted by molar-refractivity contribution is -0.138. The first-order valence-electron chi connectivity index (χ1n) is 9.85. The summed E-state index contributed by atoms with van der Waals surface area (Å²) >= 11 is 1.68. The van der Waals surface area contributed by atoms with Gasteiger partial charge in [-0.25, -0.2) is 0 Å². The third-order valence-corrected chi connectivity index (χ3v) is 6.13. The summed E-state index contributed by atoms with van der Waals surface area (Å²) in [7, 11) is 0. The molecule has 1 aromatic heterocycles. The van der Waals surface area contributed by atoms with Gasteiger partial charge in [-0.15, -0.1) is 11.3 Å². The van der Waals surface area contributed by atoms with E-state index in [1.54, 1.807) is 11.3 Å². The average molecular weight is 402 g/mol. The normalized spacial score (nSPS) is 18.4. The van der Waals surface area contributed by atoms with Gasteiger partial charge in [0.25, 0.3) is 5.91 Å². The fourth-order valence-corrected chi connectivity index (χ4v) is 4.61. The van der Waals surface area contributed by atoms with Crippen LogP contribution in [0.1, 0.15) is 37.1 Å². The number of rotatable bonds is 6. The zero-order chi connectivity index (χ0) is 19.6. The van der Waals surface area contributed by atoms with E-state index >= 15 is 0 Å². The molecule has 150 valence electrons. The lowest BCUT2D eigenvalue weighted by Crippen LogP contribution is -2.44. The summed E-state index contributed by atoms with van der Waals surface area (Å²) in [4.78, 5) is 16.2. The van der Waals surface area contributed by atoms with Gasteiger partial charge in [-0.2, -0.15) is 0 Å². The molecule has 28 heavy (non-hydrogen) atoms. The molecule has 3 heterocycles. The highest BCUT2D eigenvalue weighted by atomic mass is 32.1. The van der Waals surface area contributed by atoms with Gasteiger partial charge in [-0.1, -0.05) is 18.2 Å². The number of nitrogens with zero attached hydrogens (tertiary/aromatic N) is 1. The zero-order valence-corrected chi connectivity index (χ0v) is 17.3. The van der Waals surface area contributed by atoms with Crippen LogP contribution in [-0.2, 0) is 22.5 Å². The maximum Gasteiger partial charge on any atom is 0.261 e. The van der Waals surface area contributed by atoms with Crippen molar-refractivity contribution in [3.8, 4) is 11.5 Å². The van der Waals surface area contributed by atoms with Crippen LogP contribution in [0, 0.1) is 0 Å². The van der Waals surface area contributed by atoms with Crippen molar-refractivity contribution in [3.63, 3.8) is 0 Å². The second-order valence-corrected chi connectivity index (χ2v) is 9.05. The molecular weight excluding hydrogens is 374 g/mol. The topological polar surface area (TPSA) is 48.0 Å². The van der Waals surface area contributed by atoms with Crippen LogP contribution < -0.4 is 9.47 Å². The summed E-state index contributed by atoms with van der Waals surface area (Å²) in [6.45, 7) is 6.18. The molecule has 0 aliphatic carbocycles. The quantitative estimate of drug-likeness (QED) is 0.733. The highest BCUT2D eigenvalue weighted by Crippen LogP contribution is 2.41. The zero-order valence-electron chi connectivity index (χ0n) is 16.5. The van der Waals surface area contributed by atoms with Gasteiger partial charge < -0.3 is 19.1 Å². The minimum atomic E-state index is -0.237. The van der Waals surface area contributed by atoms with Crippen LogP contribution in [0.4, 0.5) is 0 Å². The van der Waals surface area contributed by atoms with Crippen LogP contribution in [0.5, 0.6) is 11.5 Å². The molecule has 2 aliphatic rings. The fourth-order valence-electron chi connectivity index (χ4n) is 3.91. The minimum absolute atomic E-state index is 0.00941. The fraction of sp³-hybridized carbons (Fsp3) is 0.500. The van der Waals surface area contributed by atoms with E-state index in [4.69, 9.17) is 14.2 Å².